The zero-order valence-corrected chi connectivity index (χ0v) is 11.8. The minimum absolute atomic E-state index is 0.0991. The Morgan fingerprint density at radius 3 is 1.58 bits per heavy atom. The quantitative estimate of drug-likeness (QED) is 0.505. The Morgan fingerprint density at radius 2 is 1.23 bits per heavy atom. The average Bonchev–Trinajstić information content (AvgIpc) is 2.98. The van der Waals surface area contributed by atoms with Gasteiger partial charge in [-0.05, 0) is 14.5 Å². The zero-order valence-electron chi connectivity index (χ0n) is 11.8. The van der Waals surface area contributed by atoms with Crippen LogP contribution in [0.5, 0.6) is 0 Å². The monoisotopic (exact) mass is 370 g/mol. The van der Waals surface area contributed by atoms with Crippen LogP contribution in [-0.4, -0.2) is 39.4 Å². The van der Waals surface area contributed by atoms with Crippen LogP contribution in [0.15, 0.2) is 12.1 Å². The van der Waals surface area contributed by atoms with Crippen LogP contribution in [0.2, 0.25) is 0 Å². The molecule has 1 heterocycles. The normalized spacial score (nSPS) is 10.3. The van der Waals surface area contributed by atoms with Gasteiger partial charge < -0.3 is 20.2 Å². The van der Waals surface area contributed by atoms with Crippen LogP contribution in [0.4, 0.5) is 29.0 Å². The molecule has 0 aliphatic rings. The van der Waals surface area contributed by atoms with E-state index in [1.54, 1.807) is 0 Å². The minimum atomic E-state index is -1.43. The summed E-state index contributed by atoms with van der Waals surface area (Å²) < 4.78 is -0.0991. The summed E-state index contributed by atoms with van der Waals surface area (Å²) >= 11 is 0. The molecule has 1 aromatic heterocycles. The van der Waals surface area contributed by atoms with Crippen molar-refractivity contribution in [3.05, 3.63) is 62.7 Å². The Kier molecular flexibility index (Phi) is 4.16. The van der Waals surface area contributed by atoms with Gasteiger partial charge in [0.1, 0.15) is 5.10 Å². The van der Waals surface area contributed by atoms with Crippen molar-refractivity contribution < 1.29 is 24.6 Å². The predicted molar refractivity (Wildman–Crippen MR) is 74.6 cm³/mol. The second kappa shape index (κ2) is 6.10. The fourth-order valence-electron chi connectivity index (χ4n) is 1.83. The first-order valence-corrected chi connectivity index (χ1v) is 5.92. The average molecular weight is 370 g/mol. The number of benzene rings is 1. The van der Waals surface area contributed by atoms with Gasteiger partial charge in [-0.15, -0.1) is 0 Å². The lowest BCUT2D eigenvalue weighted by atomic mass is 10.2. The molecule has 0 saturated carbocycles. The van der Waals surface area contributed by atoms with Gasteiger partial charge in [-0.2, -0.15) is 0 Å². The van der Waals surface area contributed by atoms with E-state index in [2.05, 4.69) is 10.1 Å². The van der Waals surface area contributed by atoms with Crippen LogP contribution in [0.3, 0.4) is 0 Å². The fraction of sp³-hybridized carbons (Fsp3) is 0. The van der Waals surface area contributed by atoms with E-state index in [9.17, 15) is 50.6 Å². The lowest BCUT2D eigenvalue weighted by Gasteiger charge is -2.01. The molecule has 0 fully saturated rings. The summed E-state index contributed by atoms with van der Waals surface area (Å²) in [4.78, 5) is 51.3. The van der Waals surface area contributed by atoms with Crippen molar-refractivity contribution in [1.29, 1.82) is 0 Å². The van der Waals surface area contributed by atoms with E-state index in [1.807, 2.05) is 0 Å². The van der Waals surface area contributed by atoms with Crippen molar-refractivity contribution in [2.75, 3.05) is 0 Å². The molecule has 134 valence electrons. The Bertz CT molecular complexity index is 960. The first kappa shape index (κ1) is 17.7. The molecule has 0 aliphatic heterocycles. The molecule has 26 heavy (non-hydrogen) atoms. The SMILES string of the molecule is O=[N+]([O-])c1cc([N+](=O)[O-])c(-n2nc([N+](=O)[O-])nc2[N+](=O)[O-])c([N+](=O)[O-])c1. The van der Waals surface area contributed by atoms with Gasteiger partial charge in [0.25, 0.3) is 11.4 Å². The summed E-state index contributed by atoms with van der Waals surface area (Å²) in [5, 5.41) is 57.8. The van der Waals surface area contributed by atoms with E-state index in [1.165, 1.54) is 0 Å². The summed E-state index contributed by atoms with van der Waals surface area (Å²) in [5.74, 6) is -2.80. The zero-order chi connectivity index (χ0) is 19.8. The molecule has 0 aliphatic carbocycles. The molecule has 18 heteroatoms. The molecule has 18 nitrogen and oxygen atoms in total. The first-order valence-electron chi connectivity index (χ1n) is 5.92. The molecule has 0 bridgehead atoms. The van der Waals surface area contributed by atoms with Crippen LogP contribution in [-0.2, 0) is 0 Å². The Morgan fingerprint density at radius 1 is 0.731 bits per heavy atom. The van der Waals surface area contributed by atoms with Crippen LogP contribution in [0, 0.1) is 50.6 Å². The molecule has 0 radical (unpaired) electrons. The highest BCUT2D eigenvalue weighted by Crippen LogP contribution is 2.38. The van der Waals surface area contributed by atoms with Gasteiger partial charge in [0, 0.05) is 4.98 Å². The van der Waals surface area contributed by atoms with Crippen LogP contribution < -0.4 is 0 Å². The third-order valence-corrected chi connectivity index (χ3v) is 2.78. The van der Waals surface area contributed by atoms with E-state index < -0.39 is 59.3 Å². The Balaban J connectivity index is 2.99. The lowest BCUT2D eigenvalue weighted by molar-refractivity contribution is -0.406. The summed E-state index contributed by atoms with van der Waals surface area (Å²) in [5.41, 5.74) is -4.87. The van der Waals surface area contributed by atoms with Crippen molar-refractivity contribution in [3.8, 4) is 5.69 Å². The highest BCUT2D eigenvalue weighted by atomic mass is 16.6. The van der Waals surface area contributed by atoms with Crippen LogP contribution >= 0.6 is 0 Å². The summed E-state index contributed by atoms with van der Waals surface area (Å²) in [7, 11) is 0. The Hall–Kier alpha value is -4.64. The molecule has 0 spiro atoms. The van der Waals surface area contributed by atoms with Crippen molar-refractivity contribution in [1.82, 2.24) is 14.8 Å². The highest BCUT2D eigenvalue weighted by Gasteiger charge is 2.42. The van der Waals surface area contributed by atoms with Crippen LogP contribution in [0.1, 0.15) is 0 Å². The largest absolute Gasteiger partial charge is 0.508 e. The fourth-order valence-corrected chi connectivity index (χ4v) is 1.83. The van der Waals surface area contributed by atoms with Gasteiger partial charge in [0.05, 0.1) is 26.9 Å². The standard InChI is InChI=1S/C8H2N8O10/c17-12(18)3-1-4(13(19)20)6(5(2-3)14(21)22)11-8(16(25)26)9-7(10-11)15(23)24/h1-2H. The number of rotatable bonds is 6. The van der Waals surface area contributed by atoms with E-state index in [4.69, 9.17) is 0 Å². The van der Waals surface area contributed by atoms with E-state index in [0.29, 0.717) is 12.1 Å². The third-order valence-electron chi connectivity index (χ3n) is 2.78. The molecule has 0 N–H and O–H groups in total. The molecule has 2 aromatic rings. The third kappa shape index (κ3) is 2.91. The number of aromatic nitrogens is 3. The molecule has 2 rings (SSSR count). The number of non-ortho nitro benzene ring substituents is 1. The van der Waals surface area contributed by atoms with Crippen molar-refractivity contribution in [3.63, 3.8) is 0 Å². The topological polar surface area (TPSA) is 246 Å². The molecule has 1 aromatic carbocycles. The molecule has 0 amide bonds. The lowest BCUT2D eigenvalue weighted by Crippen LogP contribution is -2.10. The molecule has 0 saturated heterocycles. The maximum Gasteiger partial charge on any atom is 0.508 e. The Labute approximate surface area is 138 Å². The van der Waals surface area contributed by atoms with E-state index in [-0.39, 0.29) is 4.68 Å². The predicted octanol–water partition coefficient (Wildman–Crippen LogP) is 0.808. The van der Waals surface area contributed by atoms with E-state index in [0.717, 1.165) is 0 Å². The number of nitro benzene ring substituents is 3. The number of hydrogen-bond donors (Lipinski definition) is 0. The number of nitrogens with zero attached hydrogens (tertiary/aromatic N) is 8. The summed E-state index contributed by atoms with van der Waals surface area (Å²) in [6, 6.07) is 0.582. The number of nitro groups is 5. The summed E-state index contributed by atoms with van der Waals surface area (Å²) in [6.45, 7) is 0. The second-order valence-electron chi connectivity index (χ2n) is 4.24. The van der Waals surface area contributed by atoms with Gasteiger partial charge in [-0.1, -0.05) is 0 Å². The summed E-state index contributed by atoms with van der Waals surface area (Å²) in [6.07, 6.45) is 0. The van der Waals surface area contributed by atoms with Crippen molar-refractivity contribution in [2.24, 2.45) is 0 Å². The minimum Gasteiger partial charge on any atom is -0.390 e. The smallest absolute Gasteiger partial charge is 0.390 e. The van der Waals surface area contributed by atoms with Gasteiger partial charge in [0.2, 0.25) is 0 Å². The van der Waals surface area contributed by atoms with Gasteiger partial charge >= 0.3 is 23.3 Å². The molecule has 0 unspecified atom stereocenters. The van der Waals surface area contributed by atoms with Crippen molar-refractivity contribution in [2.45, 2.75) is 0 Å². The van der Waals surface area contributed by atoms with Gasteiger partial charge in [0.15, 0.2) is 0 Å². The molecular weight excluding hydrogens is 368 g/mol. The van der Waals surface area contributed by atoms with Gasteiger partial charge in [-0.3, -0.25) is 30.3 Å². The molecular formula is C8H2N8O10. The maximum atomic E-state index is 11.2. The highest BCUT2D eigenvalue weighted by molar-refractivity contribution is 5.70. The van der Waals surface area contributed by atoms with Gasteiger partial charge in [-0.25, -0.2) is 0 Å². The maximum absolute atomic E-state index is 11.2. The van der Waals surface area contributed by atoms with Crippen LogP contribution in [0.25, 0.3) is 5.69 Å². The second-order valence-corrected chi connectivity index (χ2v) is 4.24. The first-order chi connectivity index (χ1) is 12.0. The van der Waals surface area contributed by atoms with E-state index >= 15 is 0 Å². The molecule has 0 atom stereocenters. The van der Waals surface area contributed by atoms with Crippen molar-refractivity contribution >= 4 is 29.0 Å². The number of hydrogen-bond acceptors (Lipinski definition) is 12.